The van der Waals surface area contributed by atoms with Crippen LogP contribution in [0.1, 0.15) is 43.0 Å². The van der Waals surface area contributed by atoms with Gasteiger partial charge in [-0.05, 0) is 62.6 Å². The number of anilines is 1. The van der Waals surface area contributed by atoms with Gasteiger partial charge < -0.3 is 10.4 Å². The third-order valence-electron chi connectivity index (χ3n) is 6.35. The monoisotopic (exact) mass is 435 g/mol. The summed E-state index contributed by atoms with van der Waals surface area (Å²) in [5.74, 6) is -0.306. The van der Waals surface area contributed by atoms with E-state index in [4.69, 9.17) is 11.6 Å². The van der Waals surface area contributed by atoms with Gasteiger partial charge >= 0.3 is 0 Å². The van der Waals surface area contributed by atoms with Gasteiger partial charge in [-0.2, -0.15) is 0 Å². The predicted octanol–water partition coefficient (Wildman–Crippen LogP) is 3.10. The molecule has 2 saturated carbocycles. The van der Waals surface area contributed by atoms with Crippen LogP contribution >= 0.6 is 11.6 Å². The molecule has 4 rings (SSSR count). The lowest BCUT2D eigenvalue weighted by molar-refractivity contribution is -0.0413. The zero-order valence-electron chi connectivity index (χ0n) is 15.9. The molecule has 0 radical (unpaired) electrons. The Morgan fingerprint density at radius 1 is 1.24 bits per heavy atom. The molecule has 1 heterocycles. The Labute approximate surface area is 174 Å². The molecule has 2 atom stereocenters. The lowest BCUT2D eigenvalue weighted by Crippen LogP contribution is -2.45. The summed E-state index contributed by atoms with van der Waals surface area (Å²) in [5.41, 5.74) is -0.640. The highest BCUT2D eigenvalue weighted by molar-refractivity contribution is 7.92. The topological polar surface area (TPSA) is 109 Å². The number of sulfone groups is 1. The van der Waals surface area contributed by atoms with Gasteiger partial charge in [0.1, 0.15) is 0 Å². The summed E-state index contributed by atoms with van der Waals surface area (Å²) < 4.78 is 26.7. The number of nitrogens with zero attached hydrogens (tertiary/aromatic N) is 2. The summed E-state index contributed by atoms with van der Waals surface area (Å²) in [5, 5.41) is 12.7. The summed E-state index contributed by atoms with van der Waals surface area (Å²) in [4.78, 5) is 20.3. The number of benzene rings is 1. The summed E-state index contributed by atoms with van der Waals surface area (Å²) in [6, 6.07) is 4.22. The molecule has 9 heteroatoms. The Hall–Kier alpha value is -2.03. The molecule has 1 aromatic heterocycles. The second kappa shape index (κ2) is 7.34. The van der Waals surface area contributed by atoms with Crippen molar-refractivity contribution in [3.63, 3.8) is 0 Å². The first kappa shape index (κ1) is 20.3. The van der Waals surface area contributed by atoms with E-state index in [1.165, 1.54) is 36.8 Å². The van der Waals surface area contributed by atoms with E-state index >= 15 is 0 Å². The number of amides is 1. The highest BCUT2D eigenvalue weighted by Gasteiger charge is 2.53. The molecule has 2 fully saturated rings. The summed E-state index contributed by atoms with van der Waals surface area (Å²) >= 11 is 6.23. The highest BCUT2D eigenvalue weighted by atomic mass is 35.5. The number of fused-ring (bicyclic) bond motifs is 2. The van der Waals surface area contributed by atoms with Crippen LogP contribution in [-0.4, -0.2) is 40.3 Å². The van der Waals surface area contributed by atoms with E-state index in [0.717, 1.165) is 12.8 Å². The lowest BCUT2D eigenvalue weighted by Gasteiger charge is -2.40. The molecular formula is C20H22ClN3O4S. The number of hydrogen-bond acceptors (Lipinski definition) is 6. The molecule has 2 aliphatic carbocycles. The normalized spacial score (nSPS) is 28.9. The Balaban J connectivity index is 1.61. The number of aliphatic hydroxyl groups is 1. The van der Waals surface area contributed by atoms with Crippen molar-refractivity contribution in [1.82, 2.24) is 9.97 Å². The van der Waals surface area contributed by atoms with Crippen molar-refractivity contribution in [1.29, 1.82) is 0 Å². The minimum absolute atomic E-state index is 0.0389. The maximum Gasteiger partial charge on any atom is 0.256 e. The van der Waals surface area contributed by atoms with Gasteiger partial charge in [-0.1, -0.05) is 11.6 Å². The number of nitrogens with one attached hydrogen (secondary N) is 1. The van der Waals surface area contributed by atoms with Crippen molar-refractivity contribution >= 4 is 33.2 Å². The van der Waals surface area contributed by atoms with Gasteiger partial charge in [-0.15, -0.1) is 0 Å². The number of carbonyl (C=O) groups excluding carboxylic acids is 1. The van der Waals surface area contributed by atoms with Gasteiger partial charge in [-0.3, -0.25) is 9.78 Å². The zero-order chi connectivity index (χ0) is 20.8. The molecule has 1 aromatic carbocycles. The average Bonchev–Trinajstić information content (AvgIpc) is 2.86. The quantitative estimate of drug-likeness (QED) is 0.763. The third-order valence-corrected chi connectivity index (χ3v) is 9.01. The van der Waals surface area contributed by atoms with E-state index < -0.39 is 26.6 Å². The maximum atomic E-state index is 13.4. The number of carbonyl (C=O) groups is 1. The Morgan fingerprint density at radius 2 is 1.93 bits per heavy atom. The van der Waals surface area contributed by atoms with E-state index in [2.05, 4.69) is 15.3 Å². The van der Waals surface area contributed by atoms with Crippen LogP contribution in [0.4, 0.5) is 5.82 Å². The largest absolute Gasteiger partial charge is 0.390 e. The smallest absolute Gasteiger partial charge is 0.256 e. The van der Waals surface area contributed by atoms with E-state index in [1.54, 1.807) is 0 Å². The molecule has 0 saturated heterocycles. The van der Waals surface area contributed by atoms with Crippen LogP contribution in [0.5, 0.6) is 0 Å². The van der Waals surface area contributed by atoms with Crippen LogP contribution < -0.4 is 5.32 Å². The molecule has 1 amide bonds. The fourth-order valence-corrected chi connectivity index (χ4v) is 7.01. The fraction of sp³-hybridized carbons (Fsp3) is 0.450. The lowest BCUT2D eigenvalue weighted by atomic mass is 9.76. The minimum atomic E-state index is -3.75. The van der Waals surface area contributed by atoms with Gasteiger partial charge in [0, 0.05) is 18.0 Å². The van der Waals surface area contributed by atoms with E-state index in [1.807, 2.05) is 6.92 Å². The van der Waals surface area contributed by atoms with Gasteiger partial charge in [0.2, 0.25) is 0 Å². The molecule has 0 spiro atoms. The number of aromatic nitrogens is 2. The SMILES string of the molecule is CC1(O)C2CCC1CC(S(=O)(=O)c1cc(C(=O)Nc3cnccn3)ccc1Cl)C2. The van der Waals surface area contributed by atoms with Crippen LogP contribution in [-0.2, 0) is 9.84 Å². The van der Waals surface area contributed by atoms with Gasteiger partial charge in [0.05, 0.1) is 27.0 Å². The van der Waals surface area contributed by atoms with Gasteiger partial charge in [0.15, 0.2) is 15.7 Å². The Bertz CT molecular complexity index is 1030. The van der Waals surface area contributed by atoms with Crippen molar-refractivity contribution in [3.05, 3.63) is 47.4 Å². The van der Waals surface area contributed by atoms with Gasteiger partial charge in [0.25, 0.3) is 5.91 Å². The van der Waals surface area contributed by atoms with Crippen molar-refractivity contribution in [2.45, 2.75) is 48.4 Å². The molecule has 2 unspecified atom stereocenters. The van der Waals surface area contributed by atoms with Crippen LogP contribution in [0.2, 0.25) is 5.02 Å². The first-order chi connectivity index (χ1) is 13.7. The first-order valence-electron chi connectivity index (χ1n) is 9.52. The molecule has 2 bridgehead atoms. The highest BCUT2D eigenvalue weighted by Crippen LogP contribution is 2.51. The molecule has 2 aliphatic rings. The van der Waals surface area contributed by atoms with Crippen LogP contribution in [0.3, 0.4) is 0 Å². The molecule has 7 nitrogen and oxygen atoms in total. The summed E-state index contributed by atoms with van der Waals surface area (Å²) in [7, 11) is -3.75. The molecular weight excluding hydrogens is 414 g/mol. The molecule has 0 aliphatic heterocycles. The molecule has 2 N–H and O–H groups in total. The van der Waals surface area contributed by atoms with Gasteiger partial charge in [-0.25, -0.2) is 13.4 Å². The van der Waals surface area contributed by atoms with Crippen molar-refractivity contribution in [2.24, 2.45) is 11.8 Å². The van der Waals surface area contributed by atoms with Crippen molar-refractivity contribution in [2.75, 3.05) is 5.32 Å². The third kappa shape index (κ3) is 3.65. The van der Waals surface area contributed by atoms with Crippen LogP contribution in [0.25, 0.3) is 0 Å². The van der Waals surface area contributed by atoms with Crippen LogP contribution in [0, 0.1) is 11.8 Å². The van der Waals surface area contributed by atoms with Crippen LogP contribution in [0.15, 0.2) is 41.7 Å². The van der Waals surface area contributed by atoms with E-state index in [9.17, 15) is 18.3 Å². The minimum Gasteiger partial charge on any atom is -0.390 e. The zero-order valence-corrected chi connectivity index (χ0v) is 17.4. The first-order valence-corrected chi connectivity index (χ1v) is 11.4. The number of rotatable bonds is 4. The molecule has 29 heavy (non-hydrogen) atoms. The second-order valence-electron chi connectivity index (χ2n) is 8.03. The summed E-state index contributed by atoms with van der Waals surface area (Å²) in [6.07, 6.45) is 6.79. The van der Waals surface area contributed by atoms with E-state index in [0.29, 0.717) is 12.8 Å². The molecule has 154 valence electrons. The standard InChI is InChI=1S/C20H22ClN3O4S/c1-20(26)13-3-4-14(20)10-15(9-13)29(27,28)17-8-12(2-5-16(17)21)19(25)24-18-11-22-6-7-23-18/h2,5-8,11,13-15,26H,3-4,9-10H2,1H3,(H,23,24,25). The molecule has 2 aromatic rings. The number of halogens is 1. The van der Waals surface area contributed by atoms with Crippen molar-refractivity contribution in [3.8, 4) is 0 Å². The number of hydrogen-bond donors (Lipinski definition) is 2. The maximum absolute atomic E-state index is 13.4. The van der Waals surface area contributed by atoms with E-state index in [-0.39, 0.29) is 33.1 Å². The van der Waals surface area contributed by atoms with Crippen molar-refractivity contribution < 1.29 is 18.3 Å². The fourth-order valence-electron chi connectivity index (χ4n) is 4.61. The Kier molecular flexibility index (Phi) is 5.13. The summed E-state index contributed by atoms with van der Waals surface area (Å²) in [6.45, 7) is 1.81. The second-order valence-corrected chi connectivity index (χ2v) is 10.6. The average molecular weight is 436 g/mol. The Morgan fingerprint density at radius 3 is 2.55 bits per heavy atom. The predicted molar refractivity (Wildman–Crippen MR) is 108 cm³/mol.